The predicted molar refractivity (Wildman–Crippen MR) is 121 cm³/mol. The van der Waals surface area contributed by atoms with E-state index in [2.05, 4.69) is 46.4 Å². The van der Waals surface area contributed by atoms with Crippen LogP contribution in [0.3, 0.4) is 0 Å². The van der Waals surface area contributed by atoms with Crippen molar-refractivity contribution in [3.8, 4) is 22.5 Å². The number of nitrogens with zero attached hydrogens (tertiary/aromatic N) is 3. The normalized spacial score (nSPS) is 18.4. The highest BCUT2D eigenvalue weighted by molar-refractivity contribution is 5.97. The zero-order chi connectivity index (χ0) is 21.4. The number of hydrogen-bond donors (Lipinski definition) is 2. The number of carbonyl (C=O) groups excluding carboxylic acids is 1. The van der Waals surface area contributed by atoms with Gasteiger partial charge in [0, 0.05) is 41.5 Å². The van der Waals surface area contributed by atoms with Crippen molar-refractivity contribution in [3.63, 3.8) is 0 Å². The quantitative estimate of drug-likeness (QED) is 0.683. The van der Waals surface area contributed by atoms with E-state index < -0.39 is 0 Å². The zero-order valence-electron chi connectivity index (χ0n) is 17.5. The summed E-state index contributed by atoms with van der Waals surface area (Å²) in [6.45, 7) is 5.21. The van der Waals surface area contributed by atoms with Crippen molar-refractivity contribution in [3.05, 3.63) is 59.8 Å². The van der Waals surface area contributed by atoms with Gasteiger partial charge in [-0.25, -0.2) is 9.97 Å². The van der Waals surface area contributed by atoms with Crippen molar-refractivity contribution in [2.24, 2.45) is 0 Å². The Morgan fingerprint density at radius 3 is 2.77 bits per heavy atom. The minimum atomic E-state index is -0.0321. The van der Waals surface area contributed by atoms with Crippen LogP contribution in [0.25, 0.3) is 22.5 Å². The van der Waals surface area contributed by atoms with E-state index in [1.165, 1.54) is 5.69 Å². The Labute approximate surface area is 181 Å². The second-order valence-corrected chi connectivity index (χ2v) is 8.03. The minimum absolute atomic E-state index is 0.0321. The van der Waals surface area contributed by atoms with Crippen LogP contribution >= 0.6 is 0 Å². The van der Waals surface area contributed by atoms with Crippen LogP contribution in [0.2, 0.25) is 0 Å². The third-order valence-electron chi connectivity index (χ3n) is 5.97. The predicted octanol–water partition coefficient (Wildman–Crippen LogP) is 2.90. The third-order valence-corrected chi connectivity index (χ3v) is 5.97. The summed E-state index contributed by atoms with van der Waals surface area (Å²) in [5.41, 5.74) is 12.3. The topological polar surface area (TPSA) is 93.4 Å². The molecule has 0 unspecified atom stereocenters. The van der Waals surface area contributed by atoms with E-state index in [1.807, 2.05) is 18.2 Å². The standard InChI is InChI=1S/C24H25N5O2/c1-15-14-31-11-10-29(15)19-5-2-16(3-6-19)21-13-27-23(25)22(28-21)18-4-7-20-17(12-18)8-9-26-24(20)30/h2-7,12-13,15H,8-11,14H2,1H3,(H2,25,27)(H,26,30)/t15-/m1/s1. The van der Waals surface area contributed by atoms with Crippen LogP contribution in [-0.4, -0.2) is 48.2 Å². The molecule has 2 aromatic carbocycles. The van der Waals surface area contributed by atoms with Gasteiger partial charge in [0.2, 0.25) is 0 Å². The average molecular weight is 415 g/mol. The van der Waals surface area contributed by atoms with Gasteiger partial charge in [0.1, 0.15) is 11.5 Å². The smallest absolute Gasteiger partial charge is 0.251 e. The molecule has 0 spiro atoms. The van der Waals surface area contributed by atoms with Crippen molar-refractivity contribution < 1.29 is 9.53 Å². The molecule has 2 aliphatic rings. The number of anilines is 2. The number of nitrogens with one attached hydrogen (secondary N) is 1. The lowest BCUT2D eigenvalue weighted by molar-refractivity contribution is 0.0946. The van der Waals surface area contributed by atoms with Crippen LogP contribution < -0.4 is 16.0 Å². The van der Waals surface area contributed by atoms with Gasteiger partial charge in [-0.3, -0.25) is 4.79 Å². The Hall–Kier alpha value is -3.45. The fourth-order valence-corrected chi connectivity index (χ4v) is 4.26. The van der Waals surface area contributed by atoms with Gasteiger partial charge in [-0.05, 0) is 43.2 Å². The molecule has 7 heteroatoms. The number of rotatable bonds is 3. The minimum Gasteiger partial charge on any atom is -0.382 e. The molecule has 1 aromatic heterocycles. The molecule has 31 heavy (non-hydrogen) atoms. The van der Waals surface area contributed by atoms with E-state index in [-0.39, 0.29) is 5.91 Å². The Balaban J connectivity index is 1.46. The number of fused-ring (bicyclic) bond motifs is 1. The maximum absolute atomic E-state index is 12.0. The lowest BCUT2D eigenvalue weighted by Gasteiger charge is -2.35. The summed E-state index contributed by atoms with van der Waals surface area (Å²) in [5, 5.41) is 2.87. The van der Waals surface area contributed by atoms with E-state index in [0.29, 0.717) is 29.7 Å². The van der Waals surface area contributed by atoms with Crippen LogP contribution in [0.5, 0.6) is 0 Å². The summed E-state index contributed by atoms with van der Waals surface area (Å²) in [7, 11) is 0. The molecular weight excluding hydrogens is 390 g/mol. The average Bonchev–Trinajstić information content (AvgIpc) is 2.80. The molecule has 1 amide bonds. The summed E-state index contributed by atoms with van der Waals surface area (Å²) in [6.07, 6.45) is 2.50. The third kappa shape index (κ3) is 3.72. The van der Waals surface area contributed by atoms with E-state index in [0.717, 1.165) is 48.6 Å². The van der Waals surface area contributed by atoms with Gasteiger partial charge in [0.05, 0.1) is 25.1 Å². The van der Waals surface area contributed by atoms with Gasteiger partial charge in [0.25, 0.3) is 5.91 Å². The number of ether oxygens (including phenoxy) is 1. The molecule has 0 bridgehead atoms. The fourth-order valence-electron chi connectivity index (χ4n) is 4.26. The van der Waals surface area contributed by atoms with Crippen LogP contribution in [0, 0.1) is 0 Å². The number of nitrogen functional groups attached to an aromatic ring is 1. The number of amides is 1. The van der Waals surface area contributed by atoms with E-state index in [9.17, 15) is 4.79 Å². The molecule has 1 atom stereocenters. The van der Waals surface area contributed by atoms with E-state index in [1.54, 1.807) is 6.20 Å². The SMILES string of the molecule is C[C@@H]1COCCN1c1ccc(-c2cnc(N)c(-c3ccc4c(c3)CCNC4=O)n2)cc1. The highest BCUT2D eigenvalue weighted by atomic mass is 16.5. The Bertz CT molecular complexity index is 1130. The Morgan fingerprint density at radius 1 is 1.16 bits per heavy atom. The first kappa shape index (κ1) is 19.5. The molecule has 1 saturated heterocycles. The Morgan fingerprint density at radius 2 is 1.97 bits per heavy atom. The Kier molecular flexibility index (Phi) is 5.03. The van der Waals surface area contributed by atoms with Gasteiger partial charge in [-0.2, -0.15) is 0 Å². The van der Waals surface area contributed by atoms with Crippen molar-refractivity contribution >= 4 is 17.4 Å². The van der Waals surface area contributed by atoms with Crippen LogP contribution in [-0.2, 0) is 11.2 Å². The molecule has 7 nitrogen and oxygen atoms in total. The second-order valence-electron chi connectivity index (χ2n) is 8.03. The summed E-state index contributed by atoms with van der Waals surface area (Å²) >= 11 is 0. The lowest BCUT2D eigenvalue weighted by atomic mass is 9.96. The molecule has 3 aromatic rings. The molecule has 0 saturated carbocycles. The molecular formula is C24H25N5O2. The first-order chi connectivity index (χ1) is 15.1. The molecule has 5 rings (SSSR count). The molecule has 158 valence electrons. The van der Waals surface area contributed by atoms with Crippen molar-refractivity contribution in [1.82, 2.24) is 15.3 Å². The first-order valence-electron chi connectivity index (χ1n) is 10.6. The summed E-state index contributed by atoms with van der Waals surface area (Å²) in [4.78, 5) is 23.6. The second kappa shape index (κ2) is 8.00. The molecule has 3 N–H and O–H groups in total. The van der Waals surface area contributed by atoms with Crippen molar-refractivity contribution in [2.45, 2.75) is 19.4 Å². The number of benzene rings is 2. The molecule has 0 radical (unpaired) electrons. The monoisotopic (exact) mass is 415 g/mol. The van der Waals surface area contributed by atoms with Crippen molar-refractivity contribution in [2.75, 3.05) is 36.9 Å². The molecule has 0 aliphatic carbocycles. The van der Waals surface area contributed by atoms with Crippen LogP contribution in [0.1, 0.15) is 22.8 Å². The first-order valence-corrected chi connectivity index (χ1v) is 10.6. The van der Waals surface area contributed by atoms with Crippen LogP contribution in [0.4, 0.5) is 11.5 Å². The number of aromatic nitrogens is 2. The van der Waals surface area contributed by atoms with Crippen LogP contribution in [0.15, 0.2) is 48.7 Å². The maximum atomic E-state index is 12.0. The lowest BCUT2D eigenvalue weighted by Crippen LogP contribution is -2.43. The summed E-state index contributed by atoms with van der Waals surface area (Å²) in [6, 6.07) is 14.5. The molecule has 3 heterocycles. The number of morpholine rings is 1. The highest BCUT2D eigenvalue weighted by Crippen LogP contribution is 2.30. The van der Waals surface area contributed by atoms with Crippen molar-refractivity contribution in [1.29, 1.82) is 0 Å². The van der Waals surface area contributed by atoms with Gasteiger partial charge < -0.3 is 20.7 Å². The number of nitrogens with two attached hydrogens (primary N) is 1. The highest BCUT2D eigenvalue weighted by Gasteiger charge is 2.20. The molecule has 2 aliphatic heterocycles. The van der Waals surface area contributed by atoms with Gasteiger partial charge in [0.15, 0.2) is 0 Å². The maximum Gasteiger partial charge on any atom is 0.251 e. The fraction of sp³-hybridized carbons (Fsp3) is 0.292. The summed E-state index contributed by atoms with van der Waals surface area (Å²) < 4.78 is 5.54. The summed E-state index contributed by atoms with van der Waals surface area (Å²) in [5.74, 6) is 0.345. The van der Waals surface area contributed by atoms with Gasteiger partial charge in [-0.15, -0.1) is 0 Å². The number of hydrogen-bond acceptors (Lipinski definition) is 6. The van der Waals surface area contributed by atoms with E-state index >= 15 is 0 Å². The van der Waals surface area contributed by atoms with E-state index in [4.69, 9.17) is 15.5 Å². The number of carbonyl (C=O) groups is 1. The van der Waals surface area contributed by atoms with Gasteiger partial charge >= 0.3 is 0 Å². The largest absolute Gasteiger partial charge is 0.382 e. The zero-order valence-corrected chi connectivity index (χ0v) is 17.5. The van der Waals surface area contributed by atoms with Gasteiger partial charge in [-0.1, -0.05) is 18.2 Å². The molecule has 1 fully saturated rings.